The molecule has 1 aliphatic rings. The number of hydrogen-bond acceptors (Lipinski definition) is 3. The fraction of sp³-hybridized carbons (Fsp3) is 0.294. The second-order valence-corrected chi connectivity index (χ2v) is 6.53. The maximum atomic E-state index is 10.2. The molecule has 0 aliphatic carbocycles. The Bertz CT molecular complexity index is 531. The van der Waals surface area contributed by atoms with E-state index in [2.05, 4.69) is 41.3 Å². The van der Waals surface area contributed by atoms with Crippen molar-refractivity contribution in [3.05, 3.63) is 66.2 Å². The molecular weight excluding hydrogens is 266 g/mol. The molecule has 1 aliphatic heterocycles. The van der Waals surface area contributed by atoms with E-state index in [-0.39, 0.29) is 11.4 Å². The van der Waals surface area contributed by atoms with Crippen LogP contribution in [0.4, 0.5) is 0 Å². The molecule has 1 heterocycles. The summed E-state index contributed by atoms with van der Waals surface area (Å²) < 4.78 is 0. The number of likely N-dealkylation sites (tertiary alicyclic amines) is 1. The summed E-state index contributed by atoms with van der Waals surface area (Å²) in [4.78, 5) is 3.57. The SMILES string of the molecule is O[C@@H]1CN(Cc2ccccc2)C[C@H]1Sc1ccccc1. The lowest BCUT2D eigenvalue weighted by Crippen LogP contribution is -2.21. The van der Waals surface area contributed by atoms with Crippen LogP contribution in [0, 0.1) is 0 Å². The number of benzene rings is 2. The first-order valence-electron chi connectivity index (χ1n) is 6.97. The van der Waals surface area contributed by atoms with Crippen LogP contribution in [-0.4, -0.2) is 34.4 Å². The smallest absolute Gasteiger partial charge is 0.0801 e. The van der Waals surface area contributed by atoms with E-state index in [1.54, 1.807) is 11.8 Å². The predicted octanol–water partition coefficient (Wildman–Crippen LogP) is 3.02. The second-order valence-electron chi connectivity index (χ2n) is 5.22. The number of β-amino-alcohol motifs (C(OH)–C–C–N with tert-alkyl or cyclic N) is 1. The molecule has 1 fully saturated rings. The first-order valence-corrected chi connectivity index (χ1v) is 7.85. The second kappa shape index (κ2) is 6.44. The van der Waals surface area contributed by atoms with Crippen molar-refractivity contribution in [1.29, 1.82) is 0 Å². The molecule has 0 radical (unpaired) electrons. The summed E-state index contributed by atoms with van der Waals surface area (Å²) >= 11 is 1.78. The van der Waals surface area contributed by atoms with Crippen LogP contribution in [0.15, 0.2) is 65.6 Å². The Balaban J connectivity index is 1.59. The summed E-state index contributed by atoms with van der Waals surface area (Å²) in [5.74, 6) is 0. The first-order chi connectivity index (χ1) is 9.81. The number of nitrogens with zero attached hydrogens (tertiary/aromatic N) is 1. The van der Waals surface area contributed by atoms with Crippen molar-refractivity contribution in [2.75, 3.05) is 13.1 Å². The highest BCUT2D eigenvalue weighted by Crippen LogP contribution is 2.30. The molecule has 0 bridgehead atoms. The molecule has 1 saturated heterocycles. The zero-order valence-electron chi connectivity index (χ0n) is 11.4. The molecule has 2 aromatic rings. The van der Waals surface area contributed by atoms with E-state index >= 15 is 0 Å². The molecule has 104 valence electrons. The predicted molar refractivity (Wildman–Crippen MR) is 83.8 cm³/mol. The molecular formula is C17H19NOS. The first kappa shape index (κ1) is 13.7. The van der Waals surface area contributed by atoms with Gasteiger partial charge >= 0.3 is 0 Å². The van der Waals surface area contributed by atoms with Gasteiger partial charge in [-0.3, -0.25) is 4.90 Å². The molecule has 20 heavy (non-hydrogen) atoms. The quantitative estimate of drug-likeness (QED) is 0.934. The van der Waals surface area contributed by atoms with Gasteiger partial charge in [0.05, 0.1) is 6.10 Å². The van der Waals surface area contributed by atoms with E-state index in [1.165, 1.54) is 10.5 Å². The zero-order valence-corrected chi connectivity index (χ0v) is 12.2. The molecule has 2 atom stereocenters. The van der Waals surface area contributed by atoms with Gasteiger partial charge in [-0.15, -0.1) is 11.8 Å². The average Bonchev–Trinajstić information content (AvgIpc) is 2.81. The Morgan fingerprint density at radius 1 is 0.950 bits per heavy atom. The fourth-order valence-corrected chi connectivity index (χ4v) is 3.79. The van der Waals surface area contributed by atoms with E-state index in [0.717, 1.165) is 19.6 Å². The highest BCUT2D eigenvalue weighted by molar-refractivity contribution is 8.00. The highest BCUT2D eigenvalue weighted by atomic mass is 32.2. The van der Waals surface area contributed by atoms with Crippen molar-refractivity contribution >= 4 is 11.8 Å². The van der Waals surface area contributed by atoms with Crippen molar-refractivity contribution in [2.24, 2.45) is 0 Å². The lowest BCUT2D eigenvalue weighted by Gasteiger charge is -2.15. The number of thioether (sulfide) groups is 1. The van der Waals surface area contributed by atoms with Gasteiger partial charge in [0, 0.05) is 29.8 Å². The lowest BCUT2D eigenvalue weighted by molar-refractivity contribution is 0.177. The van der Waals surface area contributed by atoms with Gasteiger partial charge in [-0.05, 0) is 17.7 Å². The van der Waals surface area contributed by atoms with E-state index in [9.17, 15) is 5.11 Å². The maximum absolute atomic E-state index is 10.2. The van der Waals surface area contributed by atoms with Gasteiger partial charge in [-0.1, -0.05) is 48.5 Å². The van der Waals surface area contributed by atoms with Gasteiger partial charge in [0.25, 0.3) is 0 Å². The maximum Gasteiger partial charge on any atom is 0.0801 e. The molecule has 0 aromatic heterocycles. The van der Waals surface area contributed by atoms with E-state index in [0.29, 0.717) is 0 Å². The Morgan fingerprint density at radius 3 is 2.30 bits per heavy atom. The third-order valence-electron chi connectivity index (χ3n) is 3.59. The monoisotopic (exact) mass is 285 g/mol. The standard InChI is InChI=1S/C17H19NOS/c19-16-12-18(11-14-7-3-1-4-8-14)13-17(16)20-15-9-5-2-6-10-15/h1-10,16-17,19H,11-13H2/t16-,17-/m1/s1. The Hall–Kier alpha value is -1.29. The van der Waals surface area contributed by atoms with Crippen LogP contribution in [-0.2, 0) is 6.54 Å². The molecule has 0 amide bonds. The van der Waals surface area contributed by atoms with Crippen LogP contribution in [0.5, 0.6) is 0 Å². The minimum Gasteiger partial charge on any atom is -0.391 e. The van der Waals surface area contributed by atoms with Crippen molar-refractivity contribution in [1.82, 2.24) is 4.90 Å². The Labute approximate surface area is 124 Å². The van der Waals surface area contributed by atoms with Gasteiger partial charge < -0.3 is 5.11 Å². The van der Waals surface area contributed by atoms with Crippen molar-refractivity contribution < 1.29 is 5.11 Å². The summed E-state index contributed by atoms with van der Waals surface area (Å²) in [7, 11) is 0. The third-order valence-corrected chi connectivity index (χ3v) is 4.90. The number of rotatable bonds is 4. The Morgan fingerprint density at radius 2 is 1.60 bits per heavy atom. The van der Waals surface area contributed by atoms with Gasteiger partial charge in [-0.25, -0.2) is 0 Å². The summed E-state index contributed by atoms with van der Waals surface area (Å²) in [5.41, 5.74) is 1.31. The van der Waals surface area contributed by atoms with Gasteiger partial charge in [-0.2, -0.15) is 0 Å². The van der Waals surface area contributed by atoms with Gasteiger partial charge in [0.1, 0.15) is 0 Å². The van der Waals surface area contributed by atoms with Crippen LogP contribution in [0.1, 0.15) is 5.56 Å². The van der Waals surface area contributed by atoms with Crippen LogP contribution in [0.25, 0.3) is 0 Å². The van der Waals surface area contributed by atoms with Gasteiger partial charge in [0.2, 0.25) is 0 Å². The highest BCUT2D eigenvalue weighted by Gasteiger charge is 2.31. The van der Waals surface area contributed by atoms with Gasteiger partial charge in [0.15, 0.2) is 0 Å². The molecule has 2 aromatic carbocycles. The van der Waals surface area contributed by atoms with Crippen LogP contribution >= 0.6 is 11.8 Å². The molecule has 1 N–H and O–H groups in total. The van der Waals surface area contributed by atoms with Crippen LogP contribution in [0.3, 0.4) is 0 Å². The molecule has 3 rings (SSSR count). The fourth-order valence-electron chi connectivity index (χ4n) is 2.59. The summed E-state index contributed by atoms with van der Waals surface area (Å²) in [6.07, 6.45) is -0.246. The summed E-state index contributed by atoms with van der Waals surface area (Å²) in [6, 6.07) is 20.8. The largest absolute Gasteiger partial charge is 0.391 e. The minimum atomic E-state index is -0.246. The number of aliphatic hydroxyl groups is 1. The summed E-state index contributed by atoms with van der Waals surface area (Å²) in [6.45, 7) is 2.62. The molecule has 0 saturated carbocycles. The number of hydrogen-bond donors (Lipinski definition) is 1. The summed E-state index contributed by atoms with van der Waals surface area (Å²) in [5, 5.41) is 10.5. The Kier molecular flexibility index (Phi) is 4.41. The number of aliphatic hydroxyl groups excluding tert-OH is 1. The van der Waals surface area contributed by atoms with Crippen LogP contribution < -0.4 is 0 Å². The third kappa shape index (κ3) is 3.42. The molecule has 0 unspecified atom stereocenters. The molecule has 0 spiro atoms. The minimum absolute atomic E-state index is 0.246. The van der Waals surface area contributed by atoms with Crippen molar-refractivity contribution in [3.63, 3.8) is 0 Å². The molecule has 2 nitrogen and oxygen atoms in total. The average molecular weight is 285 g/mol. The molecule has 3 heteroatoms. The normalized spacial score (nSPS) is 23.1. The van der Waals surface area contributed by atoms with Crippen molar-refractivity contribution in [3.8, 4) is 0 Å². The van der Waals surface area contributed by atoms with Crippen molar-refractivity contribution in [2.45, 2.75) is 22.8 Å². The van der Waals surface area contributed by atoms with Crippen LogP contribution in [0.2, 0.25) is 0 Å². The lowest BCUT2D eigenvalue weighted by atomic mass is 10.2. The van der Waals surface area contributed by atoms with E-state index in [4.69, 9.17) is 0 Å². The van der Waals surface area contributed by atoms with E-state index < -0.39 is 0 Å². The topological polar surface area (TPSA) is 23.5 Å². The van der Waals surface area contributed by atoms with E-state index in [1.807, 2.05) is 24.3 Å². The zero-order chi connectivity index (χ0) is 13.8.